The van der Waals surface area contributed by atoms with Crippen molar-refractivity contribution in [1.29, 1.82) is 0 Å². The second-order valence-corrected chi connectivity index (χ2v) is 6.98. The van der Waals surface area contributed by atoms with Crippen LogP contribution in [0, 0.1) is 5.92 Å². The molecule has 0 aliphatic carbocycles. The van der Waals surface area contributed by atoms with E-state index in [1.807, 2.05) is 17.8 Å². The number of carbonyl (C=O) groups is 1. The molecule has 1 unspecified atom stereocenters. The molecule has 2 rings (SSSR count). The lowest BCUT2D eigenvalue weighted by Crippen LogP contribution is -2.30. The first-order valence-electron chi connectivity index (χ1n) is 6.96. The van der Waals surface area contributed by atoms with E-state index in [2.05, 4.69) is 38.5 Å². The van der Waals surface area contributed by atoms with Crippen LogP contribution in [-0.2, 0) is 0 Å². The number of halogens is 1. The van der Waals surface area contributed by atoms with Crippen LogP contribution in [0.4, 0.5) is 5.82 Å². The fourth-order valence-electron chi connectivity index (χ4n) is 2.07. The highest BCUT2D eigenvalue weighted by Gasteiger charge is 2.18. The molecule has 110 valence electrons. The number of thioether (sulfide) groups is 1. The number of hydrogen-bond acceptors (Lipinski definition) is 4. The van der Waals surface area contributed by atoms with Crippen molar-refractivity contribution >= 4 is 39.4 Å². The lowest BCUT2D eigenvalue weighted by molar-refractivity contribution is 0.0949. The number of rotatable bonds is 6. The molecule has 2 N–H and O–H groups in total. The highest BCUT2D eigenvalue weighted by Crippen LogP contribution is 2.23. The maximum atomic E-state index is 12.3. The average molecular weight is 358 g/mol. The molecule has 0 radical (unpaired) electrons. The van der Waals surface area contributed by atoms with Crippen LogP contribution in [0.15, 0.2) is 16.7 Å². The minimum absolute atomic E-state index is 0.0469. The minimum Gasteiger partial charge on any atom is -0.369 e. The molecule has 1 aromatic rings. The van der Waals surface area contributed by atoms with Gasteiger partial charge in [0.15, 0.2) is 0 Å². The highest BCUT2D eigenvalue weighted by atomic mass is 79.9. The summed E-state index contributed by atoms with van der Waals surface area (Å²) in [6.45, 7) is 3.66. The molecule has 0 aromatic carbocycles. The summed E-state index contributed by atoms with van der Waals surface area (Å²) in [5, 5.41) is 6.23. The van der Waals surface area contributed by atoms with Gasteiger partial charge in [-0.05, 0) is 52.3 Å². The molecule has 20 heavy (non-hydrogen) atoms. The van der Waals surface area contributed by atoms with Crippen LogP contribution < -0.4 is 10.6 Å². The van der Waals surface area contributed by atoms with E-state index < -0.39 is 0 Å². The van der Waals surface area contributed by atoms with Gasteiger partial charge in [0.05, 0.1) is 5.56 Å². The molecule has 1 saturated heterocycles. The molecule has 1 atom stereocenters. The first-order chi connectivity index (χ1) is 9.70. The average Bonchev–Trinajstić information content (AvgIpc) is 2.96. The standard InChI is InChI=1S/C14H20BrN3OS/c1-2-4-16-13-12(6-11(15)8-17-13)14(19)18-7-10-3-5-20-9-10/h6,8,10H,2-5,7,9H2,1H3,(H,16,17)(H,18,19). The van der Waals surface area contributed by atoms with Crippen molar-refractivity contribution in [3.63, 3.8) is 0 Å². The molecule has 2 heterocycles. The number of nitrogens with one attached hydrogen (secondary N) is 2. The molecule has 1 aliphatic heterocycles. The topological polar surface area (TPSA) is 54.0 Å². The van der Waals surface area contributed by atoms with Crippen LogP contribution >= 0.6 is 27.7 Å². The Morgan fingerprint density at radius 1 is 1.60 bits per heavy atom. The molecule has 0 bridgehead atoms. The smallest absolute Gasteiger partial charge is 0.255 e. The van der Waals surface area contributed by atoms with Gasteiger partial charge in [0, 0.05) is 23.8 Å². The normalized spacial score (nSPS) is 18.0. The van der Waals surface area contributed by atoms with E-state index >= 15 is 0 Å². The van der Waals surface area contributed by atoms with E-state index in [1.54, 1.807) is 6.20 Å². The highest BCUT2D eigenvalue weighted by molar-refractivity contribution is 9.10. The fourth-order valence-corrected chi connectivity index (χ4v) is 3.69. The van der Waals surface area contributed by atoms with Gasteiger partial charge in [0.1, 0.15) is 5.82 Å². The van der Waals surface area contributed by atoms with E-state index in [1.165, 1.54) is 12.2 Å². The largest absolute Gasteiger partial charge is 0.369 e. The number of amides is 1. The monoisotopic (exact) mass is 357 g/mol. The molecule has 0 saturated carbocycles. The second kappa shape index (κ2) is 7.88. The Morgan fingerprint density at radius 3 is 3.15 bits per heavy atom. The molecular formula is C14H20BrN3OS. The van der Waals surface area contributed by atoms with Crippen molar-refractivity contribution in [3.05, 3.63) is 22.3 Å². The van der Waals surface area contributed by atoms with Gasteiger partial charge >= 0.3 is 0 Å². The van der Waals surface area contributed by atoms with Crippen LogP contribution in [0.25, 0.3) is 0 Å². The molecule has 0 spiro atoms. The predicted molar refractivity (Wildman–Crippen MR) is 88.5 cm³/mol. The Balaban J connectivity index is 2.00. The van der Waals surface area contributed by atoms with E-state index in [-0.39, 0.29) is 5.91 Å². The summed E-state index contributed by atoms with van der Waals surface area (Å²) in [7, 11) is 0. The van der Waals surface area contributed by atoms with E-state index in [0.717, 1.165) is 29.7 Å². The van der Waals surface area contributed by atoms with Gasteiger partial charge in [0.25, 0.3) is 5.91 Å². The van der Waals surface area contributed by atoms with Gasteiger partial charge in [-0.25, -0.2) is 4.98 Å². The molecule has 4 nitrogen and oxygen atoms in total. The summed E-state index contributed by atoms with van der Waals surface area (Å²) in [6, 6.07) is 1.82. The summed E-state index contributed by atoms with van der Waals surface area (Å²) in [6.07, 6.45) is 3.91. The van der Waals surface area contributed by atoms with Crippen LogP contribution in [0.3, 0.4) is 0 Å². The van der Waals surface area contributed by atoms with Gasteiger partial charge < -0.3 is 10.6 Å². The van der Waals surface area contributed by atoms with Gasteiger partial charge in [-0.2, -0.15) is 11.8 Å². The van der Waals surface area contributed by atoms with Crippen molar-refractivity contribution in [2.45, 2.75) is 19.8 Å². The molecule has 1 fully saturated rings. The maximum absolute atomic E-state index is 12.3. The van der Waals surface area contributed by atoms with Crippen molar-refractivity contribution in [3.8, 4) is 0 Å². The number of pyridine rings is 1. The van der Waals surface area contributed by atoms with Crippen molar-refractivity contribution < 1.29 is 4.79 Å². The van der Waals surface area contributed by atoms with E-state index in [4.69, 9.17) is 0 Å². The number of anilines is 1. The van der Waals surface area contributed by atoms with Crippen molar-refractivity contribution in [2.75, 3.05) is 29.9 Å². The first kappa shape index (κ1) is 15.6. The zero-order valence-electron chi connectivity index (χ0n) is 11.6. The van der Waals surface area contributed by atoms with Gasteiger partial charge in [-0.15, -0.1) is 0 Å². The fraction of sp³-hybridized carbons (Fsp3) is 0.571. The van der Waals surface area contributed by atoms with E-state index in [0.29, 0.717) is 17.3 Å². The van der Waals surface area contributed by atoms with Gasteiger partial charge in [-0.3, -0.25) is 4.79 Å². The SMILES string of the molecule is CCCNc1ncc(Br)cc1C(=O)NCC1CCSC1. The van der Waals surface area contributed by atoms with Gasteiger partial charge in [-0.1, -0.05) is 6.92 Å². The third-order valence-electron chi connectivity index (χ3n) is 3.22. The summed E-state index contributed by atoms with van der Waals surface area (Å²) in [5.74, 6) is 3.58. The number of nitrogens with zero attached hydrogens (tertiary/aromatic N) is 1. The van der Waals surface area contributed by atoms with Crippen LogP contribution in [0.2, 0.25) is 0 Å². The molecule has 1 amide bonds. The molecule has 1 aliphatic rings. The summed E-state index contributed by atoms with van der Waals surface area (Å²) in [4.78, 5) is 16.6. The lowest BCUT2D eigenvalue weighted by Gasteiger charge is -2.13. The first-order valence-corrected chi connectivity index (χ1v) is 8.90. The molecule has 6 heteroatoms. The molecule has 1 aromatic heterocycles. The zero-order chi connectivity index (χ0) is 14.4. The van der Waals surface area contributed by atoms with Crippen molar-refractivity contribution in [2.24, 2.45) is 5.92 Å². The van der Waals surface area contributed by atoms with Crippen LogP contribution in [0.5, 0.6) is 0 Å². The Kier molecular flexibility index (Phi) is 6.16. The number of hydrogen-bond donors (Lipinski definition) is 2. The number of aromatic nitrogens is 1. The quantitative estimate of drug-likeness (QED) is 0.820. The molecular weight excluding hydrogens is 338 g/mol. The lowest BCUT2D eigenvalue weighted by atomic mass is 10.1. The van der Waals surface area contributed by atoms with Crippen LogP contribution in [-0.4, -0.2) is 35.5 Å². The second-order valence-electron chi connectivity index (χ2n) is 4.92. The summed E-state index contributed by atoms with van der Waals surface area (Å²) >= 11 is 5.34. The number of carbonyl (C=O) groups excluding carboxylic acids is 1. The van der Waals surface area contributed by atoms with Crippen LogP contribution in [0.1, 0.15) is 30.1 Å². The zero-order valence-corrected chi connectivity index (χ0v) is 14.0. The van der Waals surface area contributed by atoms with Crippen molar-refractivity contribution in [1.82, 2.24) is 10.3 Å². The minimum atomic E-state index is -0.0469. The Bertz CT molecular complexity index is 464. The Morgan fingerprint density at radius 2 is 2.45 bits per heavy atom. The Hall–Kier alpha value is -0.750. The maximum Gasteiger partial charge on any atom is 0.255 e. The third-order valence-corrected chi connectivity index (χ3v) is 4.88. The predicted octanol–water partition coefficient (Wildman–Crippen LogP) is 3.15. The summed E-state index contributed by atoms with van der Waals surface area (Å²) < 4.78 is 0.820. The Labute approximate surface area is 132 Å². The third kappa shape index (κ3) is 4.38. The van der Waals surface area contributed by atoms with Gasteiger partial charge in [0.2, 0.25) is 0 Å². The summed E-state index contributed by atoms with van der Waals surface area (Å²) in [5.41, 5.74) is 0.610. The van der Waals surface area contributed by atoms with E-state index in [9.17, 15) is 4.79 Å².